The van der Waals surface area contributed by atoms with Gasteiger partial charge in [-0.05, 0) is 18.2 Å². The smallest absolute Gasteiger partial charge is 0.257 e. The van der Waals surface area contributed by atoms with Gasteiger partial charge in [0.25, 0.3) is 5.91 Å². The van der Waals surface area contributed by atoms with E-state index >= 15 is 0 Å². The van der Waals surface area contributed by atoms with Crippen molar-refractivity contribution in [1.29, 1.82) is 0 Å². The van der Waals surface area contributed by atoms with Gasteiger partial charge in [0.1, 0.15) is 5.82 Å². The molecule has 0 radical (unpaired) electrons. The van der Waals surface area contributed by atoms with Crippen molar-refractivity contribution in [3.63, 3.8) is 0 Å². The summed E-state index contributed by atoms with van der Waals surface area (Å²) in [4.78, 5) is 11.7. The number of sulfonamides is 1. The molecular weight excluding hydrogens is 342 g/mol. The molecule has 1 aromatic carbocycles. The second kappa shape index (κ2) is 7.54. The zero-order chi connectivity index (χ0) is 17.8. The molecule has 134 valence electrons. The first-order chi connectivity index (χ1) is 11.3. The Hall–Kier alpha value is -1.58. The molecule has 1 heterocycles. The first-order valence-electron chi connectivity index (χ1n) is 7.51. The number of hydrogen-bond donors (Lipinski definition) is 1. The van der Waals surface area contributed by atoms with E-state index in [1.165, 1.54) is 19.2 Å². The van der Waals surface area contributed by atoms with E-state index in [4.69, 9.17) is 4.74 Å². The third-order valence-electron chi connectivity index (χ3n) is 3.95. The number of amides is 1. The number of nitrogens with one attached hydrogen (secondary N) is 1. The molecule has 1 aliphatic heterocycles. The average molecular weight is 362 g/mol. The summed E-state index contributed by atoms with van der Waals surface area (Å²) < 4.78 is 58.7. The van der Waals surface area contributed by atoms with Crippen molar-refractivity contribution in [1.82, 2.24) is 9.62 Å². The number of alkyl halides is 1. The number of ether oxygens (including phenoxy) is 1. The molecule has 0 saturated carbocycles. The number of carbonyl (C=O) groups excluding carboxylic acids is 1. The monoisotopic (exact) mass is 362 g/mol. The van der Waals surface area contributed by atoms with Crippen molar-refractivity contribution < 1.29 is 26.7 Å². The van der Waals surface area contributed by atoms with Gasteiger partial charge in [0, 0.05) is 39.6 Å². The molecule has 1 aliphatic rings. The molecule has 1 fully saturated rings. The zero-order valence-corrected chi connectivity index (χ0v) is 14.1. The molecule has 9 heteroatoms. The second-order valence-corrected chi connectivity index (χ2v) is 7.51. The highest BCUT2D eigenvalue weighted by Crippen LogP contribution is 2.30. The standard InChI is InChI=1S/C15H20F2N2O4S/c1-23-10-7-18-14(20)15(17)5-8-19(9-6-15)24(21,22)13-4-2-3-12(16)11-13/h2-4,11H,5-10H2,1H3,(H,18,20). The van der Waals surface area contributed by atoms with E-state index in [9.17, 15) is 22.0 Å². The molecule has 0 unspecified atom stereocenters. The molecule has 1 aromatic rings. The summed E-state index contributed by atoms with van der Waals surface area (Å²) in [7, 11) is -2.44. The van der Waals surface area contributed by atoms with Gasteiger partial charge in [-0.1, -0.05) is 6.07 Å². The molecule has 0 spiro atoms. The van der Waals surface area contributed by atoms with Crippen molar-refractivity contribution in [2.75, 3.05) is 33.4 Å². The van der Waals surface area contributed by atoms with Crippen LogP contribution in [-0.2, 0) is 19.6 Å². The number of piperidine rings is 1. The van der Waals surface area contributed by atoms with E-state index in [1.54, 1.807) is 0 Å². The Morgan fingerprint density at radius 1 is 1.38 bits per heavy atom. The summed E-state index contributed by atoms with van der Waals surface area (Å²) in [6.07, 6.45) is -0.499. The lowest BCUT2D eigenvalue weighted by Crippen LogP contribution is -2.52. The predicted octanol–water partition coefficient (Wildman–Crippen LogP) is 1.08. The molecule has 1 N–H and O–H groups in total. The van der Waals surface area contributed by atoms with Gasteiger partial charge in [-0.2, -0.15) is 4.31 Å². The zero-order valence-electron chi connectivity index (χ0n) is 13.3. The Kier molecular flexibility index (Phi) is 5.89. The van der Waals surface area contributed by atoms with Crippen molar-refractivity contribution in [3.05, 3.63) is 30.1 Å². The fourth-order valence-electron chi connectivity index (χ4n) is 2.51. The first kappa shape index (κ1) is 18.8. The van der Waals surface area contributed by atoms with E-state index < -0.39 is 27.4 Å². The largest absolute Gasteiger partial charge is 0.383 e. The third-order valence-corrected chi connectivity index (χ3v) is 5.84. The predicted molar refractivity (Wildman–Crippen MR) is 83.1 cm³/mol. The van der Waals surface area contributed by atoms with E-state index in [-0.39, 0.29) is 44.0 Å². The van der Waals surface area contributed by atoms with Gasteiger partial charge in [0.05, 0.1) is 11.5 Å². The fraction of sp³-hybridized carbons (Fsp3) is 0.533. The Bertz CT molecular complexity index is 688. The Labute approximate surface area is 139 Å². The highest BCUT2D eigenvalue weighted by molar-refractivity contribution is 7.89. The Balaban J connectivity index is 2.02. The van der Waals surface area contributed by atoms with Crippen LogP contribution in [0, 0.1) is 5.82 Å². The topological polar surface area (TPSA) is 75.7 Å². The van der Waals surface area contributed by atoms with Gasteiger partial charge in [0.15, 0.2) is 5.67 Å². The number of halogens is 2. The molecule has 24 heavy (non-hydrogen) atoms. The number of carbonyl (C=O) groups is 1. The van der Waals surface area contributed by atoms with Crippen LogP contribution >= 0.6 is 0 Å². The summed E-state index contributed by atoms with van der Waals surface area (Å²) >= 11 is 0. The van der Waals surface area contributed by atoms with Gasteiger partial charge >= 0.3 is 0 Å². The lowest BCUT2D eigenvalue weighted by atomic mass is 9.93. The summed E-state index contributed by atoms with van der Waals surface area (Å²) in [5.41, 5.74) is -2.11. The minimum absolute atomic E-state index is 0.146. The lowest BCUT2D eigenvalue weighted by molar-refractivity contribution is -0.135. The van der Waals surface area contributed by atoms with Crippen LogP contribution in [0.1, 0.15) is 12.8 Å². The maximum Gasteiger partial charge on any atom is 0.257 e. The second-order valence-electron chi connectivity index (χ2n) is 5.58. The third kappa shape index (κ3) is 4.08. The van der Waals surface area contributed by atoms with E-state index in [0.29, 0.717) is 0 Å². The molecule has 0 aromatic heterocycles. The molecule has 0 bridgehead atoms. The van der Waals surface area contributed by atoms with Crippen LogP contribution in [0.4, 0.5) is 8.78 Å². The highest BCUT2D eigenvalue weighted by Gasteiger charge is 2.44. The first-order valence-corrected chi connectivity index (χ1v) is 8.95. The number of benzene rings is 1. The number of methoxy groups -OCH3 is 1. The van der Waals surface area contributed by atoms with Crippen LogP contribution in [0.5, 0.6) is 0 Å². The molecular formula is C15H20F2N2O4S. The summed E-state index contributed by atoms with van der Waals surface area (Å²) in [5, 5.41) is 2.43. The Morgan fingerprint density at radius 3 is 2.62 bits per heavy atom. The van der Waals surface area contributed by atoms with E-state index in [2.05, 4.69) is 5.32 Å². The van der Waals surface area contributed by atoms with Gasteiger partial charge in [-0.25, -0.2) is 17.2 Å². The SMILES string of the molecule is COCCNC(=O)C1(F)CCN(S(=O)(=O)c2cccc(F)c2)CC1. The van der Waals surface area contributed by atoms with E-state index in [1.807, 2.05) is 0 Å². The van der Waals surface area contributed by atoms with Crippen molar-refractivity contribution in [2.45, 2.75) is 23.4 Å². The van der Waals surface area contributed by atoms with Crippen molar-refractivity contribution >= 4 is 15.9 Å². The van der Waals surface area contributed by atoms with Gasteiger partial charge < -0.3 is 10.1 Å². The molecule has 0 aliphatic carbocycles. The minimum Gasteiger partial charge on any atom is -0.383 e. The minimum atomic E-state index is -3.91. The summed E-state index contributed by atoms with van der Waals surface area (Å²) in [6.45, 7) is 0.161. The van der Waals surface area contributed by atoms with Crippen LogP contribution in [0.3, 0.4) is 0 Å². The lowest BCUT2D eigenvalue weighted by Gasteiger charge is -2.34. The highest BCUT2D eigenvalue weighted by atomic mass is 32.2. The molecule has 0 atom stereocenters. The quantitative estimate of drug-likeness (QED) is 0.769. The number of rotatable bonds is 6. The van der Waals surface area contributed by atoms with Gasteiger partial charge in [-0.15, -0.1) is 0 Å². The van der Waals surface area contributed by atoms with Crippen LogP contribution in [0.25, 0.3) is 0 Å². The maximum absolute atomic E-state index is 14.7. The fourth-order valence-corrected chi connectivity index (χ4v) is 3.98. The van der Waals surface area contributed by atoms with E-state index in [0.717, 1.165) is 16.4 Å². The Morgan fingerprint density at radius 2 is 2.04 bits per heavy atom. The normalized spacial score (nSPS) is 18.3. The summed E-state index contributed by atoms with van der Waals surface area (Å²) in [5.74, 6) is -1.42. The average Bonchev–Trinajstić information content (AvgIpc) is 2.55. The van der Waals surface area contributed by atoms with Gasteiger partial charge in [-0.3, -0.25) is 4.79 Å². The van der Waals surface area contributed by atoms with Crippen LogP contribution < -0.4 is 5.32 Å². The van der Waals surface area contributed by atoms with Crippen LogP contribution in [-0.4, -0.2) is 57.6 Å². The summed E-state index contributed by atoms with van der Waals surface area (Å²) in [6, 6.07) is 4.65. The number of nitrogens with zero attached hydrogens (tertiary/aromatic N) is 1. The van der Waals surface area contributed by atoms with Gasteiger partial charge in [0.2, 0.25) is 10.0 Å². The molecule has 6 nitrogen and oxygen atoms in total. The molecule has 1 amide bonds. The molecule has 1 saturated heterocycles. The van der Waals surface area contributed by atoms with Crippen molar-refractivity contribution in [3.8, 4) is 0 Å². The van der Waals surface area contributed by atoms with Crippen molar-refractivity contribution in [2.24, 2.45) is 0 Å². The maximum atomic E-state index is 14.7. The van der Waals surface area contributed by atoms with Crippen LogP contribution in [0.2, 0.25) is 0 Å². The number of hydrogen-bond acceptors (Lipinski definition) is 4. The molecule has 2 rings (SSSR count). The van der Waals surface area contributed by atoms with Crippen LogP contribution in [0.15, 0.2) is 29.2 Å².